The lowest BCUT2D eigenvalue weighted by molar-refractivity contribution is 0.462. The number of anilines is 1. The van der Waals surface area contributed by atoms with Gasteiger partial charge in [0.05, 0.1) is 5.56 Å². The quantitative estimate of drug-likeness (QED) is 0.796. The SMILES string of the molecule is CNc1ncnc(Oc2cccc3ccc(C)nc23)c1C. The molecule has 0 saturated carbocycles. The third-order valence-corrected chi connectivity index (χ3v) is 3.30. The van der Waals surface area contributed by atoms with Crippen LogP contribution in [-0.2, 0) is 0 Å². The van der Waals surface area contributed by atoms with Gasteiger partial charge in [-0.3, -0.25) is 0 Å². The van der Waals surface area contributed by atoms with Crippen LogP contribution in [-0.4, -0.2) is 22.0 Å². The largest absolute Gasteiger partial charge is 0.436 e. The highest BCUT2D eigenvalue weighted by Crippen LogP contribution is 2.30. The van der Waals surface area contributed by atoms with E-state index < -0.39 is 0 Å². The number of nitrogens with one attached hydrogen (secondary N) is 1. The molecule has 0 unspecified atom stereocenters. The Balaban J connectivity index is 2.08. The fraction of sp³-hybridized carbons (Fsp3) is 0.188. The van der Waals surface area contributed by atoms with Crippen molar-refractivity contribution in [3.05, 3.63) is 47.9 Å². The van der Waals surface area contributed by atoms with E-state index in [1.165, 1.54) is 6.33 Å². The molecule has 0 bridgehead atoms. The highest BCUT2D eigenvalue weighted by atomic mass is 16.5. The molecule has 0 spiro atoms. The minimum Gasteiger partial charge on any atom is -0.436 e. The molecule has 2 heterocycles. The lowest BCUT2D eigenvalue weighted by Crippen LogP contribution is -2.00. The Kier molecular flexibility index (Phi) is 3.39. The molecule has 5 nitrogen and oxygen atoms in total. The molecule has 0 aliphatic rings. The predicted octanol–water partition coefficient (Wildman–Crippen LogP) is 3.48. The van der Waals surface area contributed by atoms with Crippen LogP contribution in [0.25, 0.3) is 10.9 Å². The number of aromatic nitrogens is 3. The summed E-state index contributed by atoms with van der Waals surface area (Å²) in [6.45, 7) is 3.89. The number of ether oxygens (including phenoxy) is 1. The Morgan fingerprint density at radius 1 is 1.05 bits per heavy atom. The average Bonchev–Trinajstić information content (AvgIpc) is 2.50. The Morgan fingerprint density at radius 2 is 1.90 bits per heavy atom. The number of pyridine rings is 1. The fourth-order valence-electron chi connectivity index (χ4n) is 2.19. The molecule has 106 valence electrons. The number of para-hydroxylation sites is 1. The average molecular weight is 280 g/mol. The smallest absolute Gasteiger partial charge is 0.227 e. The third-order valence-electron chi connectivity index (χ3n) is 3.30. The zero-order valence-corrected chi connectivity index (χ0v) is 12.2. The minimum atomic E-state index is 0.533. The number of benzene rings is 1. The molecule has 0 radical (unpaired) electrons. The van der Waals surface area contributed by atoms with Gasteiger partial charge in [0.2, 0.25) is 5.88 Å². The van der Waals surface area contributed by atoms with Crippen molar-refractivity contribution in [2.24, 2.45) is 0 Å². The van der Waals surface area contributed by atoms with Crippen LogP contribution in [0.1, 0.15) is 11.3 Å². The number of fused-ring (bicyclic) bond motifs is 1. The lowest BCUT2D eigenvalue weighted by atomic mass is 10.2. The van der Waals surface area contributed by atoms with Crippen molar-refractivity contribution in [1.82, 2.24) is 15.0 Å². The Hall–Kier alpha value is -2.69. The van der Waals surface area contributed by atoms with Crippen molar-refractivity contribution in [2.75, 3.05) is 12.4 Å². The monoisotopic (exact) mass is 280 g/mol. The second-order valence-corrected chi connectivity index (χ2v) is 4.78. The van der Waals surface area contributed by atoms with Crippen molar-refractivity contribution in [1.29, 1.82) is 0 Å². The van der Waals surface area contributed by atoms with Crippen LogP contribution < -0.4 is 10.1 Å². The topological polar surface area (TPSA) is 59.9 Å². The van der Waals surface area contributed by atoms with Gasteiger partial charge in [0.15, 0.2) is 5.75 Å². The number of aryl methyl sites for hydroxylation is 1. The van der Waals surface area contributed by atoms with Gasteiger partial charge in [-0.05, 0) is 26.0 Å². The summed E-state index contributed by atoms with van der Waals surface area (Å²) in [5, 5.41) is 4.06. The van der Waals surface area contributed by atoms with Gasteiger partial charge in [-0.15, -0.1) is 0 Å². The minimum absolute atomic E-state index is 0.533. The molecule has 3 aromatic rings. The van der Waals surface area contributed by atoms with E-state index >= 15 is 0 Å². The van der Waals surface area contributed by atoms with E-state index in [9.17, 15) is 0 Å². The molecule has 0 amide bonds. The summed E-state index contributed by atoms with van der Waals surface area (Å²) in [7, 11) is 1.82. The summed E-state index contributed by atoms with van der Waals surface area (Å²) < 4.78 is 5.97. The maximum atomic E-state index is 5.97. The first kappa shape index (κ1) is 13.3. The molecule has 1 aromatic carbocycles. The van der Waals surface area contributed by atoms with E-state index in [4.69, 9.17) is 4.74 Å². The number of rotatable bonds is 3. The zero-order chi connectivity index (χ0) is 14.8. The van der Waals surface area contributed by atoms with E-state index in [-0.39, 0.29) is 0 Å². The second-order valence-electron chi connectivity index (χ2n) is 4.78. The first-order valence-electron chi connectivity index (χ1n) is 6.72. The molecule has 5 heteroatoms. The summed E-state index contributed by atoms with van der Waals surface area (Å²) in [6, 6.07) is 9.89. The molecule has 0 aliphatic carbocycles. The molecule has 21 heavy (non-hydrogen) atoms. The number of hydrogen-bond donors (Lipinski definition) is 1. The van der Waals surface area contributed by atoms with Gasteiger partial charge in [0, 0.05) is 18.1 Å². The molecular weight excluding hydrogens is 264 g/mol. The Bertz CT molecular complexity index is 801. The molecule has 2 aromatic heterocycles. The third kappa shape index (κ3) is 2.50. The van der Waals surface area contributed by atoms with Crippen LogP contribution in [0.5, 0.6) is 11.6 Å². The van der Waals surface area contributed by atoms with Gasteiger partial charge in [0.25, 0.3) is 0 Å². The van der Waals surface area contributed by atoms with Crippen LogP contribution in [0.2, 0.25) is 0 Å². The van der Waals surface area contributed by atoms with Gasteiger partial charge in [-0.1, -0.05) is 18.2 Å². The molecule has 0 saturated heterocycles. The van der Waals surface area contributed by atoms with E-state index in [0.29, 0.717) is 11.6 Å². The maximum Gasteiger partial charge on any atom is 0.227 e. The summed E-state index contributed by atoms with van der Waals surface area (Å²) in [4.78, 5) is 12.9. The van der Waals surface area contributed by atoms with Gasteiger partial charge < -0.3 is 10.1 Å². The van der Waals surface area contributed by atoms with Crippen LogP contribution in [0.3, 0.4) is 0 Å². The predicted molar refractivity (Wildman–Crippen MR) is 82.9 cm³/mol. The zero-order valence-electron chi connectivity index (χ0n) is 12.2. The van der Waals surface area contributed by atoms with Crippen molar-refractivity contribution in [3.63, 3.8) is 0 Å². The molecule has 0 fully saturated rings. The summed E-state index contributed by atoms with van der Waals surface area (Å²) in [5.74, 6) is 1.98. The first-order valence-corrected chi connectivity index (χ1v) is 6.72. The Morgan fingerprint density at radius 3 is 2.71 bits per heavy atom. The van der Waals surface area contributed by atoms with Gasteiger partial charge in [-0.25, -0.2) is 15.0 Å². The van der Waals surface area contributed by atoms with E-state index in [1.54, 1.807) is 0 Å². The van der Waals surface area contributed by atoms with Crippen molar-refractivity contribution in [3.8, 4) is 11.6 Å². The normalized spacial score (nSPS) is 10.6. The molecule has 3 rings (SSSR count). The van der Waals surface area contributed by atoms with Crippen molar-refractivity contribution < 1.29 is 4.74 Å². The number of nitrogens with zero attached hydrogens (tertiary/aromatic N) is 3. The van der Waals surface area contributed by atoms with Crippen molar-refractivity contribution in [2.45, 2.75) is 13.8 Å². The van der Waals surface area contributed by atoms with Gasteiger partial charge in [-0.2, -0.15) is 0 Å². The van der Waals surface area contributed by atoms with Crippen LogP contribution >= 0.6 is 0 Å². The second kappa shape index (κ2) is 5.36. The van der Waals surface area contributed by atoms with E-state index in [0.717, 1.165) is 28.0 Å². The van der Waals surface area contributed by atoms with E-state index in [1.807, 2.05) is 51.2 Å². The molecule has 0 atom stereocenters. The maximum absolute atomic E-state index is 5.97. The summed E-state index contributed by atoms with van der Waals surface area (Å²) >= 11 is 0. The van der Waals surface area contributed by atoms with Gasteiger partial charge >= 0.3 is 0 Å². The summed E-state index contributed by atoms with van der Waals surface area (Å²) in [6.07, 6.45) is 1.48. The number of hydrogen-bond acceptors (Lipinski definition) is 5. The van der Waals surface area contributed by atoms with Crippen LogP contribution in [0, 0.1) is 13.8 Å². The highest BCUT2D eigenvalue weighted by molar-refractivity contribution is 5.84. The first-order chi connectivity index (χ1) is 10.2. The molecule has 1 N–H and O–H groups in total. The highest BCUT2D eigenvalue weighted by Gasteiger charge is 2.10. The fourth-order valence-corrected chi connectivity index (χ4v) is 2.19. The standard InChI is InChI=1S/C16H16N4O/c1-10-7-8-12-5-4-6-13(14(12)20-10)21-16-11(2)15(17-3)18-9-19-16/h4-9H,1-3H3,(H,17,18,19). The van der Waals surface area contributed by atoms with Crippen molar-refractivity contribution >= 4 is 16.7 Å². The molecular formula is C16H16N4O. The molecule has 0 aliphatic heterocycles. The Labute approximate surface area is 123 Å². The lowest BCUT2D eigenvalue weighted by Gasteiger charge is -2.11. The van der Waals surface area contributed by atoms with E-state index in [2.05, 4.69) is 20.3 Å². The summed E-state index contributed by atoms with van der Waals surface area (Å²) in [5.41, 5.74) is 2.65. The van der Waals surface area contributed by atoms with Crippen LogP contribution in [0.15, 0.2) is 36.7 Å². The van der Waals surface area contributed by atoms with Crippen LogP contribution in [0.4, 0.5) is 5.82 Å². The van der Waals surface area contributed by atoms with Gasteiger partial charge in [0.1, 0.15) is 17.7 Å².